The van der Waals surface area contributed by atoms with Gasteiger partial charge in [0, 0.05) is 19.3 Å². The van der Waals surface area contributed by atoms with Crippen molar-refractivity contribution in [3.8, 4) is 0 Å². The number of carbonyl (C=O) groups excluding carboxylic acids is 3. The Kier molecular flexibility index (Phi) is 60.1. The fourth-order valence-corrected chi connectivity index (χ4v) is 10.1. The number of ether oxygens (including phenoxy) is 3. The molecule has 0 saturated carbocycles. The van der Waals surface area contributed by atoms with E-state index in [9.17, 15) is 14.4 Å². The maximum absolute atomic E-state index is 12.9. The summed E-state index contributed by atoms with van der Waals surface area (Å²) in [7, 11) is 0. The van der Waals surface area contributed by atoms with Crippen LogP contribution in [0, 0.1) is 0 Å². The second-order valence-corrected chi connectivity index (χ2v) is 22.4. The van der Waals surface area contributed by atoms with Gasteiger partial charge in [-0.3, -0.25) is 14.4 Å². The molecule has 1 unspecified atom stereocenters. The van der Waals surface area contributed by atoms with Gasteiger partial charge in [0.2, 0.25) is 0 Å². The average Bonchev–Trinajstić information content (AvgIpc) is 3.38. The van der Waals surface area contributed by atoms with E-state index in [4.69, 9.17) is 14.2 Å². The zero-order chi connectivity index (χ0) is 52.2. The fraction of sp³-hybridized carbons (Fsp3) is 0.924. The second kappa shape index (κ2) is 61.7. The molecule has 0 aliphatic heterocycles. The van der Waals surface area contributed by atoms with Gasteiger partial charge in [0.1, 0.15) is 13.2 Å². The molecule has 0 aromatic carbocycles. The minimum Gasteiger partial charge on any atom is -0.462 e. The minimum atomic E-state index is -0.764. The number of hydrogen-bond acceptors (Lipinski definition) is 6. The van der Waals surface area contributed by atoms with Crippen LogP contribution in [0.3, 0.4) is 0 Å². The monoisotopic (exact) mass is 1010 g/mol. The minimum absolute atomic E-state index is 0.0638. The van der Waals surface area contributed by atoms with Crippen molar-refractivity contribution in [2.45, 2.75) is 380 Å². The zero-order valence-electron chi connectivity index (χ0n) is 49.0. The van der Waals surface area contributed by atoms with Gasteiger partial charge in [-0.15, -0.1) is 0 Å². The fourth-order valence-electron chi connectivity index (χ4n) is 10.1. The second-order valence-electron chi connectivity index (χ2n) is 22.4. The molecule has 0 N–H and O–H groups in total. The first-order chi connectivity index (χ1) is 35.5. The molecule has 6 heteroatoms. The number of carbonyl (C=O) groups is 3. The molecule has 0 fully saturated rings. The van der Waals surface area contributed by atoms with Crippen molar-refractivity contribution >= 4 is 17.9 Å². The molecule has 0 rings (SSSR count). The molecule has 0 aliphatic rings. The highest BCUT2D eigenvalue weighted by atomic mass is 16.6. The maximum atomic E-state index is 12.9. The average molecular weight is 1020 g/mol. The Balaban J connectivity index is 4.09. The molecular formula is C66H126O6. The van der Waals surface area contributed by atoms with E-state index in [0.29, 0.717) is 19.3 Å². The summed E-state index contributed by atoms with van der Waals surface area (Å²) in [6.07, 6.45) is 72.5. The van der Waals surface area contributed by atoms with Gasteiger partial charge < -0.3 is 14.2 Å². The van der Waals surface area contributed by atoms with Crippen LogP contribution in [-0.4, -0.2) is 37.2 Å². The topological polar surface area (TPSA) is 78.9 Å². The molecule has 0 heterocycles. The third-order valence-electron chi connectivity index (χ3n) is 15.0. The lowest BCUT2D eigenvalue weighted by Crippen LogP contribution is -2.30. The van der Waals surface area contributed by atoms with Gasteiger partial charge >= 0.3 is 17.9 Å². The predicted molar refractivity (Wildman–Crippen MR) is 312 cm³/mol. The molecule has 0 amide bonds. The van der Waals surface area contributed by atoms with Crippen molar-refractivity contribution in [1.29, 1.82) is 0 Å². The Bertz CT molecular complexity index is 1120. The van der Waals surface area contributed by atoms with Crippen LogP contribution in [0.25, 0.3) is 0 Å². The van der Waals surface area contributed by atoms with Crippen molar-refractivity contribution in [1.82, 2.24) is 0 Å². The molecule has 0 aliphatic carbocycles. The van der Waals surface area contributed by atoms with Crippen molar-refractivity contribution in [2.24, 2.45) is 0 Å². The Morgan fingerprint density at radius 1 is 0.264 bits per heavy atom. The Morgan fingerprint density at radius 2 is 0.458 bits per heavy atom. The third-order valence-corrected chi connectivity index (χ3v) is 15.0. The molecule has 0 aromatic heterocycles. The van der Waals surface area contributed by atoms with Crippen molar-refractivity contribution in [3.63, 3.8) is 0 Å². The highest BCUT2D eigenvalue weighted by Gasteiger charge is 2.19. The predicted octanol–water partition coefficient (Wildman–Crippen LogP) is 22.1. The largest absolute Gasteiger partial charge is 0.462 e. The summed E-state index contributed by atoms with van der Waals surface area (Å²) in [5.74, 6) is -0.839. The Hall–Kier alpha value is -1.85. The lowest BCUT2D eigenvalue weighted by molar-refractivity contribution is -0.167. The zero-order valence-corrected chi connectivity index (χ0v) is 49.0. The number of hydrogen-bond donors (Lipinski definition) is 0. The van der Waals surface area contributed by atoms with E-state index in [2.05, 4.69) is 32.9 Å². The van der Waals surface area contributed by atoms with Crippen molar-refractivity contribution in [3.05, 3.63) is 12.2 Å². The van der Waals surface area contributed by atoms with Gasteiger partial charge in [-0.05, 0) is 44.9 Å². The summed E-state index contributed by atoms with van der Waals surface area (Å²) < 4.78 is 16.9. The first kappa shape index (κ1) is 70.1. The normalized spacial score (nSPS) is 12.0. The van der Waals surface area contributed by atoms with E-state index in [-0.39, 0.29) is 31.1 Å². The van der Waals surface area contributed by atoms with E-state index in [0.717, 1.165) is 57.8 Å². The quantitative estimate of drug-likeness (QED) is 0.0261. The van der Waals surface area contributed by atoms with E-state index in [1.807, 2.05) is 0 Å². The molecule has 72 heavy (non-hydrogen) atoms. The highest BCUT2D eigenvalue weighted by Crippen LogP contribution is 2.18. The molecule has 0 bridgehead atoms. The van der Waals surface area contributed by atoms with E-state index in [1.165, 1.54) is 276 Å². The van der Waals surface area contributed by atoms with Crippen LogP contribution in [0.5, 0.6) is 0 Å². The standard InChI is InChI=1S/C66H126O6/c1-4-7-10-13-16-19-21-23-25-27-29-31-32-33-34-36-37-39-41-43-45-47-50-53-56-59-65(68)71-62-63(61-70-64(67)58-55-52-49-18-15-12-9-6-3)72-66(69)60-57-54-51-48-46-44-42-40-38-35-30-28-26-24-22-20-17-14-11-8-5-2/h27,29,63H,4-26,28,30-62H2,1-3H3/b29-27-. The highest BCUT2D eigenvalue weighted by molar-refractivity contribution is 5.71. The molecule has 0 spiro atoms. The van der Waals surface area contributed by atoms with Gasteiger partial charge in [0.15, 0.2) is 6.10 Å². The molecule has 0 aromatic rings. The Labute approximate surface area is 450 Å². The number of rotatable bonds is 61. The molecule has 426 valence electrons. The van der Waals surface area contributed by atoms with Gasteiger partial charge in [0.25, 0.3) is 0 Å². The van der Waals surface area contributed by atoms with Gasteiger partial charge in [0.05, 0.1) is 0 Å². The lowest BCUT2D eigenvalue weighted by Gasteiger charge is -2.18. The van der Waals surface area contributed by atoms with Gasteiger partial charge in [-0.25, -0.2) is 0 Å². The summed E-state index contributed by atoms with van der Waals surface area (Å²) in [6, 6.07) is 0. The maximum Gasteiger partial charge on any atom is 0.306 e. The number of esters is 3. The summed E-state index contributed by atoms with van der Waals surface area (Å²) >= 11 is 0. The van der Waals surface area contributed by atoms with Crippen molar-refractivity contribution in [2.75, 3.05) is 13.2 Å². The van der Waals surface area contributed by atoms with Gasteiger partial charge in [-0.1, -0.05) is 322 Å². The third kappa shape index (κ3) is 59.0. The molecule has 6 nitrogen and oxygen atoms in total. The van der Waals surface area contributed by atoms with Crippen LogP contribution in [0.1, 0.15) is 374 Å². The first-order valence-corrected chi connectivity index (χ1v) is 32.7. The summed E-state index contributed by atoms with van der Waals surface area (Å²) in [5.41, 5.74) is 0. The molecule has 1 atom stereocenters. The first-order valence-electron chi connectivity index (χ1n) is 32.7. The lowest BCUT2D eigenvalue weighted by atomic mass is 10.0. The number of unbranched alkanes of at least 4 members (excludes halogenated alkanes) is 48. The van der Waals surface area contributed by atoms with Crippen LogP contribution in [-0.2, 0) is 28.6 Å². The Morgan fingerprint density at radius 3 is 0.694 bits per heavy atom. The van der Waals surface area contributed by atoms with E-state index in [1.54, 1.807) is 0 Å². The van der Waals surface area contributed by atoms with Crippen LogP contribution in [0.2, 0.25) is 0 Å². The van der Waals surface area contributed by atoms with Crippen LogP contribution in [0.15, 0.2) is 12.2 Å². The smallest absolute Gasteiger partial charge is 0.306 e. The van der Waals surface area contributed by atoms with Crippen LogP contribution in [0.4, 0.5) is 0 Å². The summed E-state index contributed by atoms with van der Waals surface area (Å²) in [4.78, 5) is 38.1. The SMILES string of the molecule is CCCCCCCCCC/C=C\CCCCCCCCCCCCCCCC(=O)OCC(COC(=O)CCCCCCCCCC)OC(=O)CCCCCCCCCCCCCCCCCCCCCCC. The van der Waals surface area contributed by atoms with Gasteiger partial charge in [-0.2, -0.15) is 0 Å². The molecule has 0 radical (unpaired) electrons. The van der Waals surface area contributed by atoms with Crippen molar-refractivity contribution < 1.29 is 28.6 Å². The molecule has 0 saturated heterocycles. The summed E-state index contributed by atoms with van der Waals surface area (Å²) in [6.45, 7) is 6.68. The number of allylic oxidation sites excluding steroid dienone is 2. The van der Waals surface area contributed by atoms with Crippen LogP contribution >= 0.6 is 0 Å². The molecular weight excluding hydrogens is 889 g/mol. The van der Waals surface area contributed by atoms with E-state index >= 15 is 0 Å². The van der Waals surface area contributed by atoms with Crippen LogP contribution < -0.4 is 0 Å². The van der Waals surface area contributed by atoms with E-state index < -0.39 is 6.10 Å². The summed E-state index contributed by atoms with van der Waals surface area (Å²) in [5, 5.41) is 0.